The molecule has 6 nitrogen and oxygen atoms in total. The molecule has 1 unspecified atom stereocenters. The van der Waals surface area contributed by atoms with Crippen molar-refractivity contribution in [2.75, 3.05) is 51.0 Å². The van der Waals surface area contributed by atoms with Gasteiger partial charge in [0.25, 0.3) is 0 Å². The van der Waals surface area contributed by atoms with Gasteiger partial charge >= 0.3 is 6.18 Å². The Bertz CT molecular complexity index is 672. The van der Waals surface area contributed by atoms with Crippen LogP contribution in [0.1, 0.15) is 30.4 Å². The molecule has 2 saturated heterocycles. The third-order valence-electron chi connectivity index (χ3n) is 5.05. The molecular formula is C20H27F3N2O4. The Morgan fingerprint density at radius 2 is 2.03 bits per heavy atom. The number of amides is 1. The Kier molecular flexibility index (Phi) is 7.74. The molecule has 29 heavy (non-hydrogen) atoms. The lowest BCUT2D eigenvalue weighted by Gasteiger charge is -2.29. The number of benzene rings is 1. The molecule has 0 saturated carbocycles. The number of rotatable bonds is 8. The fourth-order valence-corrected chi connectivity index (χ4v) is 3.44. The van der Waals surface area contributed by atoms with Gasteiger partial charge in [0.1, 0.15) is 0 Å². The molecule has 162 valence electrons. The Labute approximate surface area is 168 Å². The zero-order chi connectivity index (χ0) is 20.7. The number of alkyl halides is 3. The summed E-state index contributed by atoms with van der Waals surface area (Å²) < 4.78 is 56.7. The van der Waals surface area contributed by atoms with Crippen LogP contribution >= 0.6 is 0 Å². The second-order valence-corrected chi connectivity index (χ2v) is 7.18. The van der Waals surface area contributed by atoms with Gasteiger partial charge in [0.05, 0.1) is 38.1 Å². The van der Waals surface area contributed by atoms with Crippen LogP contribution in [0.3, 0.4) is 0 Å². The van der Waals surface area contributed by atoms with Crippen molar-refractivity contribution in [1.29, 1.82) is 0 Å². The maximum absolute atomic E-state index is 13.5. The van der Waals surface area contributed by atoms with Gasteiger partial charge < -0.3 is 24.4 Å². The minimum atomic E-state index is -4.49. The van der Waals surface area contributed by atoms with Crippen molar-refractivity contribution in [3.05, 3.63) is 29.3 Å². The minimum Gasteiger partial charge on any atom is -0.378 e. The number of nitrogens with zero attached hydrogens (tertiary/aromatic N) is 1. The van der Waals surface area contributed by atoms with Gasteiger partial charge in [-0.05, 0) is 30.5 Å². The Morgan fingerprint density at radius 3 is 2.72 bits per heavy atom. The highest BCUT2D eigenvalue weighted by Crippen LogP contribution is 2.35. The van der Waals surface area contributed by atoms with Crippen molar-refractivity contribution < 1.29 is 32.2 Å². The number of anilines is 1. The average Bonchev–Trinajstić information content (AvgIpc) is 3.23. The first-order valence-corrected chi connectivity index (χ1v) is 9.92. The number of ether oxygens (including phenoxy) is 3. The third-order valence-corrected chi connectivity index (χ3v) is 5.05. The SMILES string of the molecule is O=C(CCOCC1CCCO1)NCc1ccc(N2CCOCC2)cc1C(F)(F)F. The Hall–Kier alpha value is -1.84. The number of morpholine rings is 1. The second kappa shape index (κ2) is 10.3. The van der Waals surface area contributed by atoms with Crippen molar-refractivity contribution in [2.24, 2.45) is 0 Å². The quantitative estimate of drug-likeness (QED) is 0.661. The molecule has 1 atom stereocenters. The van der Waals surface area contributed by atoms with Gasteiger partial charge in [-0.1, -0.05) is 6.07 Å². The van der Waals surface area contributed by atoms with E-state index in [0.29, 0.717) is 38.6 Å². The number of hydrogen-bond donors (Lipinski definition) is 1. The Morgan fingerprint density at radius 1 is 1.24 bits per heavy atom. The van der Waals surface area contributed by atoms with Crippen LogP contribution < -0.4 is 10.2 Å². The maximum Gasteiger partial charge on any atom is 0.416 e. The van der Waals surface area contributed by atoms with Crippen molar-refractivity contribution in [3.63, 3.8) is 0 Å². The molecule has 0 radical (unpaired) electrons. The van der Waals surface area contributed by atoms with Crippen molar-refractivity contribution in [1.82, 2.24) is 5.32 Å². The molecule has 1 amide bonds. The molecule has 0 spiro atoms. The predicted molar refractivity (Wildman–Crippen MR) is 101 cm³/mol. The molecule has 1 aromatic rings. The lowest BCUT2D eigenvalue weighted by molar-refractivity contribution is -0.138. The van der Waals surface area contributed by atoms with Crippen LogP contribution in [0.5, 0.6) is 0 Å². The number of nitrogens with one attached hydrogen (secondary N) is 1. The summed E-state index contributed by atoms with van der Waals surface area (Å²) in [6.07, 6.45) is -2.35. The molecule has 0 aromatic heterocycles. The van der Waals surface area contributed by atoms with Gasteiger partial charge in [0.15, 0.2) is 0 Å². The maximum atomic E-state index is 13.5. The molecule has 9 heteroatoms. The van der Waals surface area contributed by atoms with Crippen molar-refractivity contribution >= 4 is 11.6 Å². The summed E-state index contributed by atoms with van der Waals surface area (Å²) >= 11 is 0. The third kappa shape index (κ3) is 6.58. The van der Waals surface area contributed by atoms with Crippen LogP contribution in [0.4, 0.5) is 18.9 Å². The molecule has 2 aliphatic rings. The van der Waals surface area contributed by atoms with E-state index in [4.69, 9.17) is 14.2 Å². The van der Waals surface area contributed by atoms with E-state index in [9.17, 15) is 18.0 Å². The van der Waals surface area contributed by atoms with Gasteiger partial charge in [-0.15, -0.1) is 0 Å². The topological polar surface area (TPSA) is 60.0 Å². The van der Waals surface area contributed by atoms with E-state index in [-0.39, 0.29) is 37.1 Å². The van der Waals surface area contributed by atoms with Crippen LogP contribution in [0.15, 0.2) is 18.2 Å². The van der Waals surface area contributed by atoms with E-state index in [2.05, 4.69) is 5.32 Å². The average molecular weight is 416 g/mol. The first kappa shape index (κ1) is 21.9. The summed E-state index contributed by atoms with van der Waals surface area (Å²) in [5.74, 6) is -0.345. The summed E-state index contributed by atoms with van der Waals surface area (Å²) in [4.78, 5) is 13.8. The first-order chi connectivity index (χ1) is 13.9. The van der Waals surface area contributed by atoms with Gasteiger partial charge in [-0.3, -0.25) is 4.79 Å². The second-order valence-electron chi connectivity index (χ2n) is 7.18. The molecule has 3 rings (SSSR count). The van der Waals surface area contributed by atoms with Gasteiger partial charge in [0, 0.05) is 38.3 Å². The highest BCUT2D eigenvalue weighted by atomic mass is 19.4. The lowest BCUT2D eigenvalue weighted by Crippen LogP contribution is -2.36. The number of carbonyl (C=O) groups excluding carboxylic acids is 1. The van der Waals surface area contributed by atoms with Crippen LogP contribution in [0.2, 0.25) is 0 Å². The van der Waals surface area contributed by atoms with Gasteiger partial charge in [-0.2, -0.15) is 13.2 Å². The molecular weight excluding hydrogens is 389 g/mol. The standard InChI is InChI=1S/C20H27F3N2O4/c21-20(22,23)18-12-16(25-6-10-27-11-7-25)4-3-15(18)13-24-19(26)5-9-28-14-17-2-1-8-29-17/h3-4,12,17H,1-2,5-11,13-14H2,(H,24,26). The highest BCUT2D eigenvalue weighted by Gasteiger charge is 2.34. The summed E-state index contributed by atoms with van der Waals surface area (Å²) in [5.41, 5.74) is -0.169. The van der Waals surface area contributed by atoms with Crippen LogP contribution in [-0.4, -0.2) is 58.1 Å². The zero-order valence-electron chi connectivity index (χ0n) is 16.3. The molecule has 2 aliphatic heterocycles. The van der Waals surface area contributed by atoms with Crippen molar-refractivity contribution in [3.8, 4) is 0 Å². The smallest absolute Gasteiger partial charge is 0.378 e. The molecule has 0 bridgehead atoms. The van der Waals surface area contributed by atoms with E-state index in [0.717, 1.165) is 25.5 Å². The fourth-order valence-electron chi connectivity index (χ4n) is 3.44. The molecule has 1 aromatic carbocycles. The number of hydrogen-bond acceptors (Lipinski definition) is 5. The first-order valence-electron chi connectivity index (χ1n) is 9.92. The Balaban J connectivity index is 1.51. The number of carbonyl (C=O) groups is 1. The molecule has 1 N–H and O–H groups in total. The minimum absolute atomic E-state index is 0.0446. The molecule has 2 heterocycles. The fraction of sp³-hybridized carbons (Fsp3) is 0.650. The van der Waals surface area contributed by atoms with Crippen molar-refractivity contribution in [2.45, 2.75) is 38.1 Å². The van der Waals surface area contributed by atoms with Gasteiger partial charge in [0.2, 0.25) is 5.91 Å². The van der Waals surface area contributed by atoms with E-state index < -0.39 is 11.7 Å². The largest absolute Gasteiger partial charge is 0.416 e. The summed E-state index contributed by atoms with van der Waals surface area (Å²) in [7, 11) is 0. The van der Waals surface area contributed by atoms with Crippen LogP contribution in [-0.2, 0) is 31.7 Å². The predicted octanol–water partition coefficient (Wildman–Crippen LogP) is 2.74. The normalized spacial score (nSPS) is 20.1. The monoisotopic (exact) mass is 416 g/mol. The van der Waals surface area contributed by atoms with E-state index >= 15 is 0 Å². The molecule has 2 fully saturated rings. The highest BCUT2D eigenvalue weighted by molar-refractivity contribution is 5.76. The number of halogens is 3. The van der Waals surface area contributed by atoms with Crippen LogP contribution in [0, 0.1) is 0 Å². The van der Waals surface area contributed by atoms with E-state index in [1.165, 1.54) is 6.07 Å². The lowest BCUT2D eigenvalue weighted by atomic mass is 10.0. The summed E-state index contributed by atoms with van der Waals surface area (Å²) in [5, 5.41) is 2.56. The van der Waals surface area contributed by atoms with Crippen LogP contribution in [0.25, 0.3) is 0 Å². The van der Waals surface area contributed by atoms with Gasteiger partial charge in [-0.25, -0.2) is 0 Å². The zero-order valence-corrected chi connectivity index (χ0v) is 16.3. The van der Waals surface area contributed by atoms with E-state index in [1.807, 2.05) is 4.90 Å². The van der Waals surface area contributed by atoms with E-state index in [1.54, 1.807) is 6.07 Å². The summed E-state index contributed by atoms with van der Waals surface area (Å²) in [6, 6.07) is 4.24. The summed E-state index contributed by atoms with van der Waals surface area (Å²) in [6.45, 7) is 3.31. The molecule has 0 aliphatic carbocycles.